The fourth-order valence-electron chi connectivity index (χ4n) is 10.3. The van der Waals surface area contributed by atoms with Crippen molar-refractivity contribution >= 4 is 65.3 Å². The molecule has 0 aromatic heterocycles. The lowest BCUT2D eigenvalue weighted by atomic mass is 9.82. The third kappa shape index (κ3) is 19.6. The maximum absolute atomic E-state index is 13.7. The zero-order valence-electron chi connectivity index (χ0n) is 44.6. The third-order valence-electron chi connectivity index (χ3n) is 14.8. The van der Waals surface area contributed by atoms with Gasteiger partial charge in [-0.2, -0.15) is 5.26 Å². The summed E-state index contributed by atoms with van der Waals surface area (Å²) in [6.45, 7) is 10.6. The minimum Gasteiger partial charge on any atom is -0.463 e. The predicted octanol–water partition coefficient (Wildman–Crippen LogP) is 10.9. The van der Waals surface area contributed by atoms with Crippen LogP contribution in [0.15, 0.2) is 57.0 Å². The lowest BCUT2D eigenvalue weighted by molar-refractivity contribution is -0.160. The Morgan fingerprint density at radius 1 is 0.506 bits per heavy atom. The SMILES string of the molecule is C=CC(=O)OCCCCCCOC1CCC(OC(=O)C2CCC(C(=O)Oc3ccc(OC(=O)C4CCC(C(=O)OC5CCC(OCCCCCCOC(=O)C=C)CC5)CC4)c4c3SC(=C(C#N)C(=O)OCC)S4)CC2)CC1. The molecular weight excluding hydrogens is 1030 g/mol. The van der Waals surface area contributed by atoms with Crippen LogP contribution < -0.4 is 9.47 Å². The van der Waals surface area contributed by atoms with E-state index in [1.807, 2.05) is 6.07 Å². The molecule has 0 radical (unpaired) electrons. The highest BCUT2D eigenvalue weighted by Crippen LogP contribution is 2.59. The van der Waals surface area contributed by atoms with Crippen LogP contribution in [0.5, 0.6) is 11.5 Å². The van der Waals surface area contributed by atoms with Crippen molar-refractivity contribution in [3.8, 4) is 17.6 Å². The van der Waals surface area contributed by atoms with Gasteiger partial charge in [0.2, 0.25) is 0 Å². The van der Waals surface area contributed by atoms with Crippen LogP contribution in [0.4, 0.5) is 0 Å². The van der Waals surface area contributed by atoms with Gasteiger partial charge in [-0.05, 0) is 160 Å². The van der Waals surface area contributed by atoms with Crippen molar-refractivity contribution in [2.75, 3.05) is 33.0 Å². The van der Waals surface area contributed by atoms with E-state index >= 15 is 0 Å². The average Bonchev–Trinajstić information content (AvgIpc) is 3.89. The zero-order chi connectivity index (χ0) is 54.9. The van der Waals surface area contributed by atoms with E-state index in [1.165, 1.54) is 0 Å². The van der Waals surface area contributed by atoms with Crippen LogP contribution in [-0.4, -0.2) is 99.2 Å². The van der Waals surface area contributed by atoms with Gasteiger partial charge in [0.05, 0.1) is 69.7 Å². The number of ether oxygens (including phenoxy) is 9. The van der Waals surface area contributed by atoms with Gasteiger partial charge >= 0.3 is 41.8 Å². The van der Waals surface area contributed by atoms with Gasteiger partial charge in [0.25, 0.3) is 0 Å². The second-order valence-corrected chi connectivity index (χ2v) is 22.6. The molecule has 0 saturated heterocycles. The van der Waals surface area contributed by atoms with Crippen molar-refractivity contribution in [2.45, 2.75) is 195 Å². The molecule has 4 aliphatic carbocycles. The summed E-state index contributed by atoms with van der Waals surface area (Å²) in [7, 11) is 0. The van der Waals surface area contributed by atoms with Crippen molar-refractivity contribution in [1.82, 2.24) is 0 Å². The number of benzene rings is 1. The quantitative estimate of drug-likeness (QED) is 0.0190. The van der Waals surface area contributed by atoms with Gasteiger partial charge in [-0.15, -0.1) is 0 Å². The summed E-state index contributed by atoms with van der Waals surface area (Å²) in [5.41, 5.74) is -0.221. The number of esters is 7. The topological polar surface area (TPSA) is 226 Å². The summed E-state index contributed by atoms with van der Waals surface area (Å²) < 4.78 is 51.6. The Balaban J connectivity index is 0.921. The number of carbonyl (C=O) groups is 7. The monoisotopic (exact) mass is 1110 g/mol. The van der Waals surface area contributed by atoms with Gasteiger partial charge in [-0.1, -0.05) is 49.5 Å². The maximum Gasteiger partial charge on any atom is 0.350 e. The van der Waals surface area contributed by atoms with Crippen LogP contribution in [-0.2, 0) is 66.7 Å². The molecule has 0 atom stereocenters. The Kier molecular flexibility index (Phi) is 25.9. The first-order chi connectivity index (χ1) is 37.4. The van der Waals surface area contributed by atoms with Gasteiger partial charge in [0, 0.05) is 25.4 Å². The van der Waals surface area contributed by atoms with Crippen molar-refractivity contribution in [1.29, 1.82) is 5.26 Å². The summed E-state index contributed by atoms with van der Waals surface area (Å²) in [6.07, 6.45) is 19.5. The second kappa shape index (κ2) is 32.7. The first kappa shape index (κ1) is 61.1. The molecule has 6 rings (SSSR count). The fourth-order valence-corrected chi connectivity index (χ4v) is 12.9. The summed E-state index contributed by atoms with van der Waals surface area (Å²) >= 11 is 2.13. The molecule has 1 aromatic rings. The van der Waals surface area contributed by atoms with E-state index in [9.17, 15) is 38.8 Å². The number of nitrogens with zero attached hydrogens (tertiary/aromatic N) is 1. The average molecular weight is 1110 g/mol. The standard InChI is InChI=1S/C58H77NO16S2/c1-4-49(60)70-35-13-9-7-11-33-68-42-23-27-44(28-24-42)72-53(62)38-15-19-40(20-16-38)55(64)74-47-31-32-48(52-51(47)76-58(77-52)46(37-59)57(66)67-6-3)75-56(65)41-21-17-39(18-22-41)54(63)73-45-29-25-43(26-30-45)69-34-12-8-10-14-36-71-50(61)5-2/h4-5,31-32,38-45H,1-2,6-30,33-36H2,3H3. The van der Waals surface area contributed by atoms with E-state index < -0.39 is 41.7 Å². The number of carbonyl (C=O) groups excluding carboxylic acids is 7. The first-order valence-corrected chi connectivity index (χ1v) is 29.5. The molecular formula is C58H77NO16S2. The molecule has 422 valence electrons. The Bertz CT molecular complexity index is 2130. The molecule has 4 saturated carbocycles. The largest absolute Gasteiger partial charge is 0.463 e. The number of rotatable bonds is 28. The number of thioether (sulfide) groups is 2. The Morgan fingerprint density at radius 3 is 1.21 bits per heavy atom. The molecule has 19 heteroatoms. The molecule has 1 heterocycles. The number of nitriles is 1. The molecule has 0 spiro atoms. The van der Waals surface area contributed by atoms with Gasteiger partial charge in [0.1, 0.15) is 29.8 Å². The highest BCUT2D eigenvalue weighted by Gasteiger charge is 2.38. The van der Waals surface area contributed by atoms with Crippen LogP contribution in [0.3, 0.4) is 0 Å². The highest BCUT2D eigenvalue weighted by molar-refractivity contribution is 8.24. The first-order valence-electron chi connectivity index (χ1n) is 27.9. The lowest BCUT2D eigenvalue weighted by Gasteiger charge is -2.31. The molecule has 0 N–H and O–H groups in total. The third-order valence-corrected chi connectivity index (χ3v) is 17.5. The molecule has 0 amide bonds. The van der Waals surface area contributed by atoms with Crippen molar-refractivity contribution < 1.29 is 76.2 Å². The van der Waals surface area contributed by atoms with Gasteiger partial charge in [0.15, 0.2) is 5.57 Å². The highest BCUT2D eigenvalue weighted by atomic mass is 32.2. The summed E-state index contributed by atoms with van der Waals surface area (Å²) in [6, 6.07) is 5.04. The van der Waals surface area contributed by atoms with E-state index in [0.29, 0.717) is 91.8 Å². The van der Waals surface area contributed by atoms with Gasteiger partial charge in [-0.3, -0.25) is 19.2 Å². The van der Waals surface area contributed by atoms with E-state index in [2.05, 4.69) is 13.2 Å². The molecule has 0 unspecified atom stereocenters. The number of unbranched alkanes of at least 4 members (excludes halogenated alkanes) is 6. The lowest BCUT2D eigenvalue weighted by Crippen LogP contribution is -2.33. The van der Waals surface area contributed by atoms with E-state index in [4.69, 9.17) is 42.6 Å². The van der Waals surface area contributed by atoms with Gasteiger partial charge < -0.3 is 42.6 Å². The van der Waals surface area contributed by atoms with Crippen LogP contribution in [0, 0.1) is 35.0 Å². The second-order valence-electron chi connectivity index (χ2n) is 20.3. The zero-order valence-corrected chi connectivity index (χ0v) is 46.3. The normalized spacial score (nSPS) is 23.9. The Labute approximate surface area is 461 Å². The van der Waals surface area contributed by atoms with Crippen molar-refractivity contribution in [3.05, 3.63) is 47.3 Å². The van der Waals surface area contributed by atoms with E-state index in [1.54, 1.807) is 19.1 Å². The molecule has 1 aromatic carbocycles. The molecule has 0 bridgehead atoms. The molecule has 1 aliphatic heterocycles. The van der Waals surface area contributed by atoms with Crippen LogP contribution in [0.25, 0.3) is 0 Å². The molecule has 17 nitrogen and oxygen atoms in total. The number of fused-ring (bicyclic) bond motifs is 1. The summed E-state index contributed by atoms with van der Waals surface area (Å²) in [4.78, 5) is 90.0. The Morgan fingerprint density at radius 2 is 0.857 bits per heavy atom. The minimum absolute atomic E-state index is 0.0595. The fraction of sp³-hybridized carbons (Fsp3) is 0.655. The minimum atomic E-state index is -0.799. The van der Waals surface area contributed by atoms with Crippen LogP contribution >= 0.6 is 23.5 Å². The summed E-state index contributed by atoms with van der Waals surface area (Å²) in [5.74, 6) is -4.20. The van der Waals surface area contributed by atoms with E-state index in [-0.39, 0.29) is 71.9 Å². The van der Waals surface area contributed by atoms with Crippen molar-refractivity contribution in [3.63, 3.8) is 0 Å². The summed E-state index contributed by atoms with van der Waals surface area (Å²) in [5, 5.41) is 10.0. The molecule has 77 heavy (non-hydrogen) atoms. The van der Waals surface area contributed by atoms with Crippen LogP contribution in [0.2, 0.25) is 0 Å². The van der Waals surface area contributed by atoms with Crippen molar-refractivity contribution in [2.24, 2.45) is 23.7 Å². The number of hydrogen-bond acceptors (Lipinski definition) is 19. The van der Waals surface area contributed by atoms with E-state index in [0.717, 1.165) is 138 Å². The predicted molar refractivity (Wildman–Crippen MR) is 285 cm³/mol. The van der Waals surface area contributed by atoms with Gasteiger partial charge in [-0.25, -0.2) is 14.4 Å². The number of hydrogen-bond donors (Lipinski definition) is 0. The smallest absolute Gasteiger partial charge is 0.350 e. The Hall–Kier alpha value is -5.16. The molecule has 5 aliphatic rings. The van der Waals surface area contributed by atoms with Crippen LogP contribution in [0.1, 0.15) is 161 Å². The maximum atomic E-state index is 13.7. The molecule has 4 fully saturated rings.